The summed E-state index contributed by atoms with van der Waals surface area (Å²) in [6.45, 7) is 1.74. The highest BCUT2D eigenvalue weighted by molar-refractivity contribution is 6.01. The molecule has 0 saturated heterocycles. The Kier molecular flexibility index (Phi) is 5.17. The van der Waals surface area contributed by atoms with Crippen molar-refractivity contribution < 1.29 is 18.3 Å². The van der Waals surface area contributed by atoms with Gasteiger partial charge in [0.05, 0.1) is 5.69 Å². The van der Waals surface area contributed by atoms with Crippen molar-refractivity contribution in [1.29, 1.82) is 0 Å². The molecular weight excluding hydrogens is 392 g/mol. The molecule has 1 N–H and O–H groups in total. The van der Waals surface area contributed by atoms with Crippen molar-refractivity contribution in [3.63, 3.8) is 0 Å². The van der Waals surface area contributed by atoms with Crippen molar-refractivity contribution in [2.45, 2.75) is 6.92 Å². The Labute approximate surface area is 170 Å². The van der Waals surface area contributed by atoms with Gasteiger partial charge in [-0.3, -0.25) is 4.79 Å². The predicted octanol–water partition coefficient (Wildman–Crippen LogP) is 4.29. The number of amides is 1. The highest BCUT2D eigenvalue weighted by atomic mass is 19.1. The minimum absolute atomic E-state index is 0.0137. The first-order valence-electron chi connectivity index (χ1n) is 8.89. The number of hydrogen-bond donors (Lipinski definition) is 1. The lowest BCUT2D eigenvalue weighted by atomic mass is 10.3. The van der Waals surface area contributed by atoms with Crippen LogP contribution >= 0.6 is 0 Å². The minimum atomic E-state index is -0.864. The van der Waals surface area contributed by atoms with Crippen molar-refractivity contribution in [2.75, 3.05) is 5.32 Å². The van der Waals surface area contributed by atoms with Crippen molar-refractivity contribution in [3.8, 4) is 17.3 Å². The zero-order valence-electron chi connectivity index (χ0n) is 15.7. The molecule has 1 amide bonds. The average molecular weight is 407 g/mol. The van der Waals surface area contributed by atoms with E-state index in [0.29, 0.717) is 17.6 Å². The van der Waals surface area contributed by atoms with E-state index in [1.165, 1.54) is 18.3 Å². The molecule has 0 saturated carbocycles. The number of carbonyl (C=O) groups excluding carboxylic acids is 1. The van der Waals surface area contributed by atoms with Gasteiger partial charge in [-0.1, -0.05) is 18.2 Å². The molecule has 0 atom stereocenters. The number of rotatable bonds is 5. The number of aryl methyl sites for hydroxylation is 1. The Hall–Kier alpha value is -4.14. The van der Waals surface area contributed by atoms with E-state index in [2.05, 4.69) is 20.4 Å². The number of halogens is 2. The summed E-state index contributed by atoms with van der Waals surface area (Å²) in [4.78, 5) is 20.7. The molecule has 2 aromatic carbocycles. The summed E-state index contributed by atoms with van der Waals surface area (Å²) in [7, 11) is 0. The first kappa shape index (κ1) is 19.2. The van der Waals surface area contributed by atoms with Gasteiger partial charge < -0.3 is 10.1 Å². The van der Waals surface area contributed by atoms with Crippen molar-refractivity contribution >= 4 is 11.6 Å². The Morgan fingerprint density at radius 1 is 1.07 bits per heavy atom. The van der Waals surface area contributed by atoms with Gasteiger partial charge in [-0.2, -0.15) is 0 Å². The summed E-state index contributed by atoms with van der Waals surface area (Å²) in [6.07, 6.45) is 1.38. The minimum Gasteiger partial charge on any atom is -0.436 e. The highest BCUT2D eigenvalue weighted by Crippen LogP contribution is 2.25. The van der Waals surface area contributed by atoms with Gasteiger partial charge in [0.25, 0.3) is 5.91 Å². The molecule has 0 bridgehead atoms. The maximum absolute atomic E-state index is 13.8. The van der Waals surface area contributed by atoms with Gasteiger partial charge in [-0.05, 0) is 37.3 Å². The van der Waals surface area contributed by atoms with E-state index in [9.17, 15) is 13.6 Å². The quantitative estimate of drug-likeness (QED) is 0.534. The van der Waals surface area contributed by atoms with Crippen LogP contribution in [0.3, 0.4) is 0 Å². The van der Waals surface area contributed by atoms with Gasteiger partial charge in [0.15, 0.2) is 11.6 Å². The molecule has 30 heavy (non-hydrogen) atoms. The number of ether oxygens (including phenoxy) is 1. The molecule has 0 fully saturated rings. The predicted molar refractivity (Wildman–Crippen MR) is 105 cm³/mol. The third-order valence-electron chi connectivity index (χ3n) is 4.07. The lowest BCUT2D eigenvalue weighted by Gasteiger charge is -2.08. The van der Waals surface area contributed by atoms with Crippen LogP contribution in [0.25, 0.3) is 5.69 Å². The molecule has 150 valence electrons. The average Bonchev–Trinajstić information content (AvgIpc) is 3.13. The molecule has 4 rings (SSSR count). The molecule has 0 aliphatic carbocycles. The lowest BCUT2D eigenvalue weighted by molar-refractivity contribution is 0.101. The second kappa shape index (κ2) is 8.08. The number of benzene rings is 2. The Morgan fingerprint density at radius 3 is 2.63 bits per heavy atom. The molecule has 0 aliphatic heterocycles. The van der Waals surface area contributed by atoms with Crippen LogP contribution in [0, 0.1) is 18.6 Å². The van der Waals surface area contributed by atoms with E-state index >= 15 is 0 Å². The molecule has 9 heteroatoms. The van der Waals surface area contributed by atoms with Crippen LogP contribution in [-0.4, -0.2) is 25.7 Å². The summed E-state index contributed by atoms with van der Waals surface area (Å²) in [5.41, 5.74) is 1.13. The van der Waals surface area contributed by atoms with E-state index < -0.39 is 17.5 Å². The number of nitrogens with one attached hydrogen (secondary N) is 1. The Morgan fingerprint density at radius 2 is 1.87 bits per heavy atom. The molecule has 0 unspecified atom stereocenters. The molecular formula is C21H15F2N5O2. The Bertz CT molecular complexity index is 1210. The van der Waals surface area contributed by atoms with Crippen LogP contribution in [0.15, 0.2) is 66.9 Å². The van der Waals surface area contributed by atoms with Crippen LogP contribution in [0.4, 0.5) is 14.5 Å². The van der Waals surface area contributed by atoms with Crippen molar-refractivity contribution in [2.24, 2.45) is 0 Å². The first-order valence-corrected chi connectivity index (χ1v) is 8.89. The molecule has 0 aliphatic rings. The number of hydrogen-bond acceptors (Lipinski definition) is 5. The summed E-state index contributed by atoms with van der Waals surface area (Å²) in [5.74, 6) is -1.73. The molecule has 0 spiro atoms. The summed E-state index contributed by atoms with van der Waals surface area (Å²) in [6, 6.07) is 15.2. The standard InChI is InChI=1S/C21H15F2N5O2/c1-13-25-20(27-28(13)16-5-3-2-4-6-16)21(29)26-15-9-10-24-19(12-15)30-18-8-7-14(22)11-17(18)23/h2-12H,1H3,(H,24,26,29). The molecule has 4 aromatic rings. The summed E-state index contributed by atoms with van der Waals surface area (Å²) in [5, 5.41) is 6.90. The van der Waals surface area contributed by atoms with Crippen LogP contribution < -0.4 is 10.1 Å². The zero-order chi connectivity index (χ0) is 21.1. The van der Waals surface area contributed by atoms with Gasteiger partial charge in [-0.15, -0.1) is 5.10 Å². The van der Waals surface area contributed by atoms with E-state index in [-0.39, 0.29) is 17.5 Å². The van der Waals surface area contributed by atoms with Gasteiger partial charge in [0.2, 0.25) is 11.7 Å². The second-order valence-corrected chi connectivity index (χ2v) is 6.24. The number of anilines is 1. The van der Waals surface area contributed by atoms with Crippen LogP contribution in [0.2, 0.25) is 0 Å². The van der Waals surface area contributed by atoms with E-state index in [0.717, 1.165) is 17.8 Å². The maximum Gasteiger partial charge on any atom is 0.295 e. The SMILES string of the molecule is Cc1nc(C(=O)Nc2ccnc(Oc3ccc(F)cc3F)c2)nn1-c1ccccc1. The van der Waals surface area contributed by atoms with E-state index in [1.807, 2.05) is 30.3 Å². The van der Waals surface area contributed by atoms with Crippen LogP contribution in [0.5, 0.6) is 11.6 Å². The molecule has 2 heterocycles. The zero-order valence-corrected chi connectivity index (χ0v) is 15.7. The first-order chi connectivity index (χ1) is 14.5. The number of aromatic nitrogens is 4. The highest BCUT2D eigenvalue weighted by Gasteiger charge is 2.16. The third-order valence-corrected chi connectivity index (χ3v) is 4.07. The smallest absolute Gasteiger partial charge is 0.295 e. The van der Waals surface area contributed by atoms with Crippen molar-refractivity contribution in [1.82, 2.24) is 19.7 Å². The fourth-order valence-electron chi connectivity index (χ4n) is 2.70. The van der Waals surface area contributed by atoms with Gasteiger partial charge >= 0.3 is 0 Å². The number of carbonyl (C=O) groups is 1. The molecule has 7 nitrogen and oxygen atoms in total. The van der Waals surface area contributed by atoms with Gasteiger partial charge in [0.1, 0.15) is 11.6 Å². The fraction of sp³-hybridized carbons (Fsp3) is 0.0476. The number of pyridine rings is 1. The summed E-state index contributed by atoms with van der Waals surface area (Å²) >= 11 is 0. The number of para-hydroxylation sites is 1. The molecule has 0 radical (unpaired) electrons. The van der Waals surface area contributed by atoms with E-state index in [4.69, 9.17) is 4.74 Å². The number of nitrogens with zero attached hydrogens (tertiary/aromatic N) is 4. The van der Waals surface area contributed by atoms with Gasteiger partial charge in [-0.25, -0.2) is 23.4 Å². The largest absolute Gasteiger partial charge is 0.436 e. The van der Waals surface area contributed by atoms with Crippen LogP contribution in [0.1, 0.15) is 16.4 Å². The second-order valence-electron chi connectivity index (χ2n) is 6.24. The summed E-state index contributed by atoms with van der Waals surface area (Å²) < 4.78 is 33.7. The maximum atomic E-state index is 13.8. The topological polar surface area (TPSA) is 81.9 Å². The van der Waals surface area contributed by atoms with Crippen molar-refractivity contribution in [3.05, 3.63) is 90.1 Å². The van der Waals surface area contributed by atoms with Crippen LogP contribution in [-0.2, 0) is 0 Å². The molecule has 2 aromatic heterocycles. The normalized spacial score (nSPS) is 10.6. The van der Waals surface area contributed by atoms with E-state index in [1.54, 1.807) is 11.6 Å². The fourth-order valence-corrected chi connectivity index (χ4v) is 2.70. The Balaban J connectivity index is 1.51. The lowest BCUT2D eigenvalue weighted by Crippen LogP contribution is -2.14. The van der Waals surface area contributed by atoms with Gasteiger partial charge in [0, 0.05) is 24.0 Å². The monoisotopic (exact) mass is 407 g/mol. The third kappa shape index (κ3) is 4.14.